The van der Waals surface area contributed by atoms with Crippen molar-refractivity contribution in [2.75, 3.05) is 47.1 Å². The Morgan fingerprint density at radius 3 is 2.44 bits per heavy atom. The summed E-state index contributed by atoms with van der Waals surface area (Å²) in [6.07, 6.45) is -2.58. The molecule has 3 aliphatic rings. The Hall–Kier alpha value is -1.10. The molecule has 4 rings (SSSR count). The van der Waals surface area contributed by atoms with Gasteiger partial charge in [0.1, 0.15) is 31.3 Å². The van der Waals surface area contributed by atoms with Crippen LogP contribution >= 0.6 is 0 Å². The number of methoxy groups -OCH3 is 2. The van der Waals surface area contributed by atoms with Crippen LogP contribution in [-0.2, 0) is 28.4 Å². The van der Waals surface area contributed by atoms with Crippen LogP contribution in [0.15, 0.2) is 30.3 Å². The van der Waals surface area contributed by atoms with Crippen molar-refractivity contribution >= 4 is 0 Å². The number of hydrogen-bond donors (Lipinski definition) is 0. The van der Waals surface area contributed by atoms with Gasteiger partial charge in [0.25, 0.3) is 0 Å². The van der Waals surface area contributed by atoms with E-state index in [9.17, 15) is 5.21 Å². The van der Waals surface area contributed by atoms with E-state index in [2.05, 4.69) is 0 Å². The second-order valence-electron chi connectivity index (χ2n) is 7.16. The number of morpholine rings is 1. The van der Waals surface area contributed by atoms with E-state index >= 15 is 0 Å². The number of nitrogens with zero attached hydrogens (tertiary/aromatic N) is 1. The third-order valence-corrected chi connectivity index (χ3v) is 5.66. The molecule has 1 aromatic carbocycles. The minimum Gasteiger partial charge on any atom is -0.632 e. The summed E-state index contributed by atoms with van der Waals surface area (Å²) < 4.78 is 34.3. The molecule has 150 valence electrons. The van der Waals surface area contributed by atoms with Gasteiger partial charge >= 0.3 is 0 Å². The largest absolute Gasteiger partial charge is 0.632 e. The molecule has 0 spiro atoms. The van der Waals surface area contributed by atoms with Crippen LogP contribution < -0.4 is 0 Å². The lowest BCUT2D eigenvalue weighted by Crippen LogP contribution is -2.73. The molecule has 0 aliphatic carbocycles. The molecule has 1 aromatic rings. The molecule has 3 fully saturated rings. The lowest BCUT2D eigenvalue weighted by atomic mass is 9.92. The SMILES string of the molecule is CO[C@@H]1O[C@@H]2COC(c3ccccc3)O[C@H]2[C@@H]([N+]2([O-])CCOCC2)[C@@H]1OC. The summed E-state index contributed by atoms with van der Waals surface area (Å²) in [5.41, 5.74) is 0.914. The van der Waals surface area contributed by atoms with Crippen LogP contribution in [0, 0.1) is 5.21 Å². The zero-order chi connectivity index (χ0) is 18.9. The summed E-state index contributed by atoms with van der Waals surface area (Å²) in [5, 5.41) is 13.8. The number of fused-ring (bicyclic) bond motifs is 1. The molecular weight excluding hydrogens is 354 g/mol. The highest BCUT2D eigenvalue weighted by Gasteiger charge is 2.57. The number of hydrogen-bond acceptors (Lipinski definition) is 7. The fourth-order valence-corrected chi connectivity index (χ4v) is 4.27. The minimum absolute atomic E-state index is 0.327. The quantitative estimate of drug-likeness (QED) is 0.573. The first-order chi connectivity index (χ1) is 13.2. The second kappa shape index (κ2) is 8.10. The smallest absolute Gasteiger partial charge is 0.189 e. The van der Waals surface area contributed by atoms with E-state index in [4.69, 9.17) is 28.4 Å². The maximum absolute atomic E-state index is 13.8. The predicted molar refractivity (Wildman–Crippen MR) is 94.4 cm³/mol. The number of hydroxylamine groups is 3. The maximum atomic E-state index is 13.8. The molecule has 0 amide bonds. The molecule has 8 nitrogen and oxygen atoms in total. The molecule has 3 saturated heterocycles. The van der Waals surface area contributed by atoms with Crippen LogP contribution in [0.25, 0.3) is 0 Å². The van der Waals surface area contributed by atoms with E-state index in [-0.39, 0.29) is 0 Å². The number of quaternary nitrogens is 1. The van der Waals surface area contributed by atoms with Crippen molar-refractivity contribution in [1.29, 1.82) is 0 Å². The molecule has 3 heterocycles. The zero-order valence-electron chi connectivity index (χ0n) is 15.7. The van der Waals surface area contributed by atoms with E-state index in [0.717, 1.165) is 5.56 Å². The van der Waals surface area contributed by atoms with Gasteiger partial charge in [0.05, 0.1) is 19.8 Å². The van der Waals surface area contributed by atoms with Crippen molar-refractivity contribution in [3.8, 4) is 0 Å². The van der Waals surface area contributed by atoms with Crippen LogP contribution in [0.2, 0.25) is 0 Å². The van der Waals surface area contributed by atoms with Gasteiger partial charge < -0.3 is 38.3 Å². The molecule has 0 aromatic heterocycles. The summed E-state index contributed by atoms with van der Waals surface area (Å²) in [6, 6.07) is 9.23. The fraction of sp³-hybridized carbons (Fsp3) is 0.684. The van der Waals surface area contributed by atoms with Gasteiger partial charge in [-0.25, -0.2) is 0 Å². The Morgan fingerprint density at radius 1 is 1.04 bits per heavy atom. The van der Waals surface area contributed by atoms with Gasteiger partial charge in [0.15, 0.2) is 18.7 Å². The second-order valence-corrected chi connectivity index (χ2v) is 7.16. The third kappa shape index (κ3) is 3.64. The molecule has 8 heteroatoms. The van der Waals surface area contributed by atoms with Crippen molar-refractivity contribution in [2.45, 2.75) is 36.9 Å². The lowest BCUT2D eigenvalue weighted by molar-refractivity contribution is -0.924. The molecule has 0 bridgehead atoms. The number of rotatable bonds is 4. The Morgan fingerprint density at radius 2 is 1.78 bits per heavy atom. The Bertz CT molecular complexity index is 609. The van der Waals surface area contributed by atoms with Gasteiger partial charge in [-0.2, -0.15) is 0 Å². The average molecular weight is 381 g/mol. The van der Waals surface area contributed by atoms with Crippen LogP contribution in [0.1, 0.15) is 11.9 Å². The van der Waals surface area contributed by atoms with Crippen molar-refractivity contribution in [3.05, 3.63) is 41.1 Å². The third-order valence-electron chi connectivity index (χ3n) is 5.66. The van der Waals surface area contributed by atoms with Crippen LogP contribution in [-0.4, -0.2) is 82.4 Å². The summed E-state index contributed by atoms with van der Waals surface area (Å²) >= 11 is 0. The summed E-state index contributed by atoms with van der Waals surface area (Å²) in [4.78, 5) is 0. The van der Waals surface area contributed by atoms with Gasteiger partial charge in [0.2, 0.25) is 0 Å². The molecule has 1 unspecified atom stereocenters. The van der Waals surface area contributed by atoms with E-state index in [1.54, 1.807) is 14.2 Å². The first-order valence-corrected chi connectivity index (χ1v) is 9.35. The van der Waals surface area contributed by atoms with Gasteiger partial charge in [-0.05, 0) is 0 Å². The highest BCUT2D eigenvalue weighted by atomic mass is 16.8. The van der Waals surface area contributed by atoms with Crippen LogP contribution in [0.3, 0.4) is 0 Å². The van der Waals surface area contributed by atoms with Gasteiger partial charge in [0, 0.05) is 19.8 Å². The Kier molecular flexibility index (Phi) is 5.77. The highest BCUT2D eigenvalue weighted by molar-refractivity contribution is 5.16. The van der Waals surface area contributed by atoms with E-state index in [0.29, 0.717) is 32.9 Å². The van der Waals surface area contributed by atoms with Crippen LogP contribution in [0.4, 0.5) is 0 Å². The standard InChI is InChI=1S/C19H27NO7/c1-22-17-15(20(21)8-10-24-11-9-20)16-14(26-19(17)23-2)12-25-18(27-16)13-6-4-3-5-7-13/h3-7,14-19H,8-12H2,1-2H3/t14-,15-,16-,17+,18?,19-/m1/s1. The highest BCUT2D eigenvalue weighted by Crippen LogP contribution is 2.39. The molecule has 0 radical (unpaired) electrons. The first-order valence-electron chi connectivity index (χ1n) is 9.35. The Labute approximate surface area is 159 Å². The maximum Gasteiger partial charge on any atom is 0.189 e. The molecule has 27 heavy (non-hydrogen) atoms. The lowest BCUT2D eigenvalue weighted by Gasteiger charge is -2.59. The molecule has 6 atom stereocenters. The van der Waals surface area contributed by atoms with Gasteiger partial charge in [-0.1, -0.05) is 30.3 Å². The average Bonchev–Trinajstić information content (AvgIpc) is 2.73. The van der Waals surface area contributed by atoms with Crippen LogP contribution in [0.5, 0.6) is 0 Å². The summed E-state index contributed by atoms with van der Waals surface area (Å²) in [6.45, 7) is 1.87. The summed E-state index contributed by atoms with van der Waals surface area (Å²) in [7, 11) is 3.13. The van der Waals surface area contributed by atoms with Gasteiger partial charge in [-0.3, -0.25) is 0 Å². The normalized spacial score (nSPS) is 38.9. The monoisotopic (exact) mass is 381 g/mol. The first kappa shape index (κ1) is 19.2. The Balaban J connectivity index is 1.64. The van der Waals surface area contributed by atoms with E-state index in [1.807, 2.05) is 30.3 Å². The fourth-order valence-electron chi connectivity index (χ4n) is 4.27. The van der Waals surface area contributed by atoms with Crippen molar-refractivity contribution in [1.82, 2.24) is 0 Å². The summed E-state index contributed by atoms with van der Waals surface area (Å²) in [5.74, 6) is 0. The predicted octanol–water partition coefficient (Wildman–Crippen LogP) is 1.20. The molecular formula is C19H27NO7. The minimum atomic E-state index is -0.645. The van der Waals surface area contributed by atoms with Gasteiger partial charge in [-0.15, -0.1) is 0 Å². The van der Waals surface area contributed by atoms with E-state index in [1.165, 1.54) is 0 Å². The molecule has 3 aliphatic heterocycles. The van der Waals surface area contributed by atoms with E-state index < -0.39 is 41.6 Å². The number of ether oxygens (including phenoxy) is 6. The van der Waals surface area contributed by atoms with Crippen molar-refractivity contribution < 1.29 is 33.1 Å². The zero-order valence-corrected chi connectivity index (χ0v) is 15.7. The number of benzene rings is 1. The topological polar surface area (TPSA) is 78.4 Å². The van der Waals surface area contributed by atoms with Crippen molar-refractivity contribution in [2.24, 2.45) is 0 Å². The van der Waals surface area contributed by atoms with Crippen molar-refractivity contribution in [3.63, 3.8) is 0 Å². The molecule has 0 N–H and O–H groups in total. The molecule has 0 saturated carbocycles.